The van der Waals surface area contributed by atoms with Gasteiger partial charge in [-0.15, -0.1) is 0 Å². The first-order chi connectivity index (χ1) is 15.7. The molecule has 6 heteroatoms. The second kappa shape index (κ2) is 13.8. The third-order valence-corrected chi connectivity index (χ3v) is 23.9. The number of benzene rings is 1. The molecule has 2 rings (SSSR count). The topological polar surface area (TPSA) is 44.8 Å². The fraction of sp³-hybridized carbons (Fsp3) is 0.667. The van der Waals surface area contributed by atoms with Crippen LogP contribution in [-0.4, -0.2) is 45.3 Å². The van der Waals surface area contributed by atoms with E-state index in [1.807, 2.05) is 6.07 Å². The maximum atomic E-state index is 12.1. The molecule has 4 nitrogen and oxygen atoms in total. The van der Waals surface area contributed by atoms with Crippen LogP contribution in [0.4, 0.5) is 0 Å². The van der Waals surface area contributed by atoms with Crippen LogP contribution in [0, 0.1) is 0 Å². The predicted octanol–water partition coefficient (Wildman–Crippen LogP) is 7.24. The van der Waals surface area contributed by atoms with Crippen LogP contribution in [0.15, 0.2) is 36.1 Å². The van der Waals surface area contributed by atoms with Crippen molar-refractivity contribution < 1.29 is 19.0 Å². The fourth-order valence-electron chi connectivity index (χ4n) is 4.50. The molecule has 0 fully saturated rings. The molecule has 1 atom stereocenters. The fourth-order valence-corrected chi connectivity index (χ4v) is 21.7. The van der Waals surface area contributed by atoms with Gasteiger partial charge < -0.3 is 0 Å². The van der Waals surface area contributed by atoms with Gasteiger partial charge in [0.05, 0.1) is 0 Å². The number of esters is 1. The van der Waals surface area contributed by atoms with Crippen LogP contribution >= 0.6 is 0 Å². The Bertz CT molecular complexity index is 750. The molecule has 0 radical (unpaired) electrons. The summed E-state index contributed by atoms with van der Waals surface area (Å²) >= 11 is -2.71. The van der Waals surface area contributed by atoms with Gasteiger partial charge in [0.15, 0.2) is 0 Å². The second-order valence-corrected chi connectivity index (χ2v) is 29.4. The summed E-state index contributed by atoms with van der Waals surface area (Å²) in [4.78, 5) is 12.1. The average molecular weight is 581 g/mol. The molecular weight excluding hydrogens is 535 g/mol. The molecule has 0 saturated heterocycles. The third kappa shape index (κ3) is 8.97. The molecule has 0 spiro atoms. The number of ether oxygens (including phenoxy) is 3. The molecule has 1 unspecified atom stereocenters. The number of cyclic esters (lactones) is 1. The molecule has 0 amide bonds. The standard InChI is InChI=1S/C15H19O4Si.3C4H9.Sn/c1-20(2,3)10-9-17-13-11-14(16)19-15(13)18-12-7-5-4-6-8-12;3*1-3-4-2;/h4-7,11,15H,9-10H2,1-3H3;3*1,3-4H2,2H3;. The van der Waals surface area contributed by atoms with E-state index in [2.05, 4.69) is 58.6 Å². The first-order valence-electron chi connectivity index (χ1n) is 13.1. The third-order valence-electron chi connectivity index (χ3n) is 6.56. The Kier molecular flexibility index (Phi) is 11.8. The van der Waals surface area contributed by atoms with Gasteiger partial charge in [0, 0.05) is 0 Å². The monoisotopic (exact) mass is 582 g/mol. The van der Waals surface area contributed by atoms with Crippen molar-refractivity contribution >= 4 is 36.0 Å². The average Bonchev–Trinajstić information content (AvgIpc) is 3.12. The number of para-hydroxylation sites is 1. The van der Waals surface area contributed by atoms with E-state index in [0.29, 0.717) is 12.4 Å². The Morgan fingerprint density at radius 1 is 0.939 bits per heavy atom. The summed E-state index contributed by atoms with van der Waals surface area (Å²) in [5.74, 6) is 1.05. The molecule has 0 saturated carbocycles. The van der Waals surface area contributed by atoms with Crippen LogP contribution < -0.4 is 8.32 Å². The van der Waals surface area contributed by atoms with E-state index in [-0.39, 0.29) is 5.97 Å². The van der Waals surface area contributed by atoms with Crippen LogP contribution in [0.2, 0.25) is 39.0 Å². The molecule has 1 aromatic carbocycles. The minimum atomic E-state index is -2.71. The van der Waals surface area contributed by atoms with Gasteiger partial charge in [0.25, 0.3) is 0 Å². The van der Waals surface area contributed by atoms with Crippen molar-refractivity contribution in [2.24, 2.45) is 0 Å². The van der Waals surface area contributed by atoms with Crippen LogP contribution in [0.5, 0.6) is 5.75 Å². The first kappa shape index (κ1) is 28.3. The van der Waals surface area contributed by atoms with E-state index >= 15 is 0 Å². The van der Waals surface area contributed by atoms with Gasteiger partial charge in [-0.25, -0.2) is 0 Å². The SMILES string of the molecule is CCC[CH2][Sn]([CH2]CCC)([CH2]CCC)[c]1ccccc1OC1OC(=O)C=C1OCC[Si](C)(C)C. The molecule has 0 aromatic heterocycles. The molecule has 1 aliphatic rings. The van der Waals surface area contributed by atoms with Crippen molar-refractivity contribution in [3.05, 3.63) is 36.1 Å². The zero-order valence-corrected chi connectivity index (χ0v) is 25.7. The first-order valence-corrected chi connectivity index (χ1v) is 24.2. The van der Waals surface area contributed by atoms with Crippen molar-refractivity contribution in [2.45, 2.75) is 105 Å². The van der Waals surface area contributed by atoms with Gasteiger partial charge in [0.2, 0.25) is 0 Å². The predicted molar refractivity (Wildman–Crippen MR) is 144 cm³/mol. The Hall–Kier alpha value is -0.954. The summed E-state index contributed by atoms with van der Waals surface area (Å²) in [5, 5.41) is 0. The molecule has 0 N–H and O–H groups in total. The zero-order valence-electron chi connectivity index (χ0n) is 21.9. The van der Waals surface area contributed by atoms with E-state index < -0.39 is 32.7 Å². The Balaban J connectivity index is 2.30. The number of hydrogen-bond donors (Lipinski definition) is 0. The van der Waals surface area contributed by atoms with Crippen LogP contribution in [0.25, 0.3) is 0 Å². The number of hydrogen-bond acceptors (Lipinski definition) is 4. The Morgan fingerprint density at radius 3 is 2.06 bits per heavy atom. The molecule has 1 aliphatic heterocycles. The van der Waals surface area contributed by atoms with Crippen molar-refractivity contribution in [3.8, 4) is 5.75 Å². The summed E-state index contributed by atoms with van der Waals surface area (Å²) in [6, 6.07) is 9.64. The number of carbonyl (C=O) groups excluding carboxylic acids is 1. The van der Waals surface area contributed by atoms with Gasteiger partial charge in [-0.05, 0) is 0 Å². The minimum absolute atomic E-state index is 0.377. The van der Waals surface area contributed by atoms with Crippen LogP contribution in [0.1, 0.15) is 59.3 Å². The van der Waals surface area contributed by atoms with E-state index in [4.69, 9.17) is 14.2 Å². The van der Waals surface area contributed by atoms with Crippen molar-refractivity contribution in [3.63, 3.8) is 0 Å². The molecule has 33 heavy (non-hydrogen) atoms. The summed E-state index contributed by atoms with van der Waals surface area (Å²) in [6.45, 7) is 14.5. The van der Waals surface area contributed by atoms with Crippen molar-refractivity contribution in [1.82, 2.24) is 0 Å². The normalized spacial score (nSPS) is 16.5. The van der Waals surface area contributed by atoms with Crippen molar-refractivity contribution in [1.29, 1.82) is 0 Å². The summed E-state index contributed by atoms with van der Waals surface area (Å²) in [7, 11) is -1.23. The van der Waals surface area contributed by atoms with Gasteiger partial charge in [-0.3, -0.25) is 0 Å². The number of unbranched alkanes of at least 4 members (excludes halogenated alkanes) is 3. The molecule has 1 aromatic rings. The molecule has 0 aliphatic carbocycles. The maximum absolute atomic E-state index is 12.1. The van der Waals surface area contributed by atoms with Crippen molar-refractivity contribution in [2.75, 3.05) is 6.61 Å². The van der Waals surface area contributed by atoms with Gasteiger partial charge in [-0.1, -0.05) is 0 Å². The van der Waals surface area contributed by atoms with E-state index in [0.717, 1.165) is 11.8 Å². The van der Waals surface area contributed by atoms with Gasteiger partial charge in [0.1, 0.15) is 0 Å². The Labute approximate surface area is 207 Å². The Morgan fingerprint density at radius 2 is 1.52 bits per heavy atom. The zero-order chi connectivity index (χ0) is 24.3. The van der Waals surface area contributed by atoms with E-state index in [9.17, 15) is 4.79 Å². The second-order valence-electron chi connectivity index (χ2n) is 10.7. The number of rotatable bonds is 16. The quantitative estimate of drug-likeness (QED) is 0.153. The molecule has 186 valence electrons. The summed E-state index contributed by atoms with van der Waals surface area (Å²) in [6.07, 6.45) is 8.27. The van der Waals surface area contributed by atoms with Gasteiger partial charge >= 0.3 is 208 Å². The molecule has 0 bridgehead atoms. The molecule has 1 heterocycles. The summed E-state index contributed by atoms with van der Waals surface area (Å²) < 4.78 is 23.5. The number of carbonyl (C=O) groups is 1. The van der Waals surface area contributed by atoms with Crippen LogP contribution in [-0.2, 0) is 14.3 Å². The van der Waals surface area contributed by atoms with E-state index in [1.165, 1.54) is 61.5 Å². The van der Waals surface area contributed by atoms with E-state index in [1.54, 1.807) is 0 Å². The van der Waals surface area contributed by atoms with Gasteiger partial charge in [-0.2, -0.15) is 0 Å². The summed E-state index contributed by atoms with van der Waals surface area (Å²) in [5.41, 5.74) is 0. The molecular formula is C27H46O4SiSn. The van der Waals surface area contributed by atoms with Crippen LogP contribution in [0.3, 0.4) is 0 Å².